The summed E-state index contributed by atoms with van der Waals surface area (Å²) in [6, 6.07) is 10.2. The van der Waals surface area contributed by atoms with Gasteiger partial charge in [0.05, 0.1) is 6.61 Å². The lowest BCUT2D eigenvalue weighted by Gasteiger charge is -2.02. The summed E-state index contributed by atoms with van der Waals surface area (Å²) in [5.41, 5.74) is 2.37. The molecule has 2 aromatic rings. The molecule has 0 fully saturated rings. The molecule has 0 saturated carbocycles. The first-order valence-corrected chi connectivity index (χ1v) is 8.09. The van der Waals surface area contributed by atoms with E-state index in [9.17, 15) is 0 Å². The summed E-state index contributed by atoms with van der Waals surface area (Å²) in [5, 5.41) is 3.39. The molecule has 0 radical (unpaired) electrons. The third-order valence-corrected chi connectivity index (χ3v) is 3.77. The molecule has 0 aliphatic rings. The normalized spacial score (nSPS) is 11.0. The van der Waals surface area contributed by atoms with Gasteiger partial charge in [-0.25, -0.2) is 0 Å². The van der Waals surface area contributed by atoms with E-state index in [1.165, 1.54) is 5.56 Å². The van der Waals surface area contributed by atoms with Crippen molar-refractivity contribution in [2.75, 3.05) is 6.54 Å². The van der Waals surface area contributed by atoms with Gasteiger partial charge in [0.15, 0.2) is 0 Å². The minimum Gasteiger partial charge on any atom is -0.464 e. The largest absolute Gasteiger partial charge is 0.464 e. The van der Waals surface area contributed by atoms with Gasteiger partial charge in [0, 0.05) is 16.6 Å². The van der Waals surface area contributed by atoms with Crippen molar-refractivity contribution < 1.29 is 9.15 Å². The van der Waals surface area contributed by atoms with Crippen molar-refractivity contribution in [3.05, 3.63) is 57.5 Å². The van der Waals surface area contributed by atoms with Crippen LogP contribution in [0.25, 0.3) is 0 Å². The highest BCUT2D eigenvalue weighted by Gasteiger charge is 2.07. The minimum absolute atomic E-state index is 0.505. The van der Waals surface area contributed by atoms with Gasteiger partial charge >= 0.3 is 0 Å². The molecule has 0 bridgehead atoms. The van der Waals surface area contributed by atoms with Gasteiger partial charge in [-0.3, -0.25) is 0 Å². The Morgan fingerprint density at radius 2 is 1.95 bits per heavy atom. The van der Waals surface area contributed by atoms with E-state index in [-0.39, 0.29) is 0 Å². The molecule has 0 atom stereocenters. The van der Waals surface area contributed by atoms with Crippen LogP contribution in [0, 0.1) is 6.92 Å². The van der Waals surface area contributed by atoms with Crippen molar-refractivity contribution in [2.45, 2.75) is 40.0 Å². The predicted molar refractivity (Wildman–Crippen MR) is 88.1 cm³/mol. The molecule has 4 heteroatoms. The molecule has 2 rings (SSSR count). The van der Waals surface area contributed by atoms with Crippen molar-refractivity contribution >= 4 is 15.9 Å². The fourth-order valence-electron chi connectivity index (χ4n) is 2.08. The SMILES string of the molecule is CCCNCc1cc(COCc2ccc(Br)cc2)oc1C. The highest BCUT2D eigenvalue weighted by molar-refractivity contribution is 9.10. The molecule has 1 N–H and O–H groups in total. The van der Waals surface area contributed by atoms with E-state index in [4.69, 9.17) is 9.15 Å². The number of benzene rings is 1. The lowest BCUT2D eigenvalue weighted by molar-refractivity contribution is 0.0923. The van der Waals surface area contributed by atoms with Gasteiger partial charge in [0.25, 0.3) is 0 Å². The summed E-state index contributed by atoms with van der Waals surface area (Å²) in [5.74, 6) is 1.86. The summed E-state index contributed by atoms with van der Waals surface area (Å²) < 4.78 is 12.5. The summed E-state index contributed by atoms with van der Waals surface area (Å²) in [4.78, 5) is 0. The lowest BCUT2D eigenvalue weighted by Crippen LogP contribution is -2.13. The maximum absolute atomic E-state index is 5.73. The van der Waals surface area contributed by atoms with Crippen LogP contribution in [0.5, 0.6) is 0 Å². The number of furan rings is 1. The number of hydrogen-bond donors (Lipinski definition) is 1. The van der Waals surface area contributed by atoms with Gasteiger partial charge in [-0.15, -0.1) is 0 Å². The number of nitrogens with one attached hydrogen (secondary N) is 1. The molecular formula is C17H22BrNO2. The molecule has 0 aliphatic heterocycles. The Morgan fingerprint density at radius 3 is 2.67 bits per heavy atom. The molecule has 3 nitrogen and oxygen atoms in total. The second-order valence-corrected chi connectivity index (χ2v) is 6.01. The third kappa shape index (κ3) is 5.30. The van der Waals surface area contributed by atoms with Crippen LogP contribution in [0.1, 0.15) is 36.0 Å². The molecule has 0 saturated heterocycles. The monoisotopic (exact) mass is 351 g/mol. The Kier molecular flexibility index (Phi) is 6.49. The maximum Gasteiger partial charge on any atom is 0.130 e. The van der Waals surface area contributed by atoms with Crippen LogP contribution in [-0.2, 0) is 24.5 Å². The van der Waals surface area contributed by atoms with Crippen molar-refractivity contribution in [1.29, 1.82) is 0 Å². The van der Waals surface area contributed by atoms with E-state index >= 15 is 0 Å². The van der Waals surface area contributed by atoms with Gasteiger partial charge in [-0.1, -0.05) is 35.0 Å². The molecule has 114 valence electrons. The van der Waals surface area contributed by atoms with Crippen molar-refractivity contribution in [3.63, 3.8) is 0 Å². The molecule has 1 aromatic heterocycles. The van der Waals surface area contributed by atoms with Crippen molar-refractivity contribution in [3.8, 4) is 0 Å². The number of rotatable bonds is 8. The molecule has 21 heavy (non-hydrogen) atoms. The molecular weight excluding hydrogens is 330 g/mol. The van der Waals surface area contributed by atoms with Gasteiger partial charge in [0.2, 0.25) is 0 Å². The zero-order chi connectivity index (χ0) is 15.1. The summed E-state index contributed by atoms with van der Waals surface area (Å²) in [7, 11) is 0. The minimum atomic E-state index is 0.505. The smallest absolute Gasteiger partial charge is 0.130 e. The van der Waals surface area contributed by atoms with E-state index in [0.717, 1.165) is 41.1 Å². The Bertz CT molecular complexity index is 548. The highest BCUT2D eigenvalue weighted by Crippen LogP contribution is 2.16. The maximum atomic E-state index is 5.73. The fourth-order valence-corrected chi connectivity index (χ4v) is 2.35. The van der Waals surface area contributed by atoms with E-state index in [1.807, 2.05) is 19.1 Å². The first-order chi connectivity index (χ1) is 10.2. The van der Waals surface area contributed by atoms with Gasteiger partial charge in [-0.2, -0.15) is 0 Å². The third-order valence-electron chi connectivity index (χ3n) is 3.24. The van der Waals surface area contributed by atoms with E-state index < -0.39 is 0 Å². The molecule has 1 aromatic carbocycles. The second-order valence-electron chi connectivity index (χ2n) is 5.09. The van der Waals surface area contributed by atoms with Crippen LogP contribution in [-0.4, -0.2) is 6.54 Å². The van der Waals surface area contributed by atoms with Gasteiger partial charge in [-0.05, 0) is 43.7 Å². The van der Waals surface area contributed by atoms with Crippen LogP contribution >= 0.6 is 15.9 Å². The van der Waals surface area contributed by atoms with E-state index in [1.54, 1.807) is 0 Å². The zero-order valence-corrected chi connectivity index (χ0v) is 14.2. The Hall–Kier alpha value is -1.10. The van der Waals surface area contributed by atoms with Gasteiger partial charge in [0.1, 0.15) is 18.1 Å². The highest BCUT2D eigenvalue weighted by atomic mass is 79.9. The summed E-state index contributed by atoms with van der Waals surface area (Å²) in [6.07, 6.45) is 1.14. The van der Waals surface area contributed by atoms with E-state index in [2.05, 4.69) is 46.4 Å². The van der Waals surface area contributed by atoms with Crippen LogP contribution in [0.15, 0.2) is 39.2 Å². The average Bonchev–Trinajstić information content (AvgIpc) is 2.82. The Morgan fingerprint density at radius 1 is 1.19 bits per heavy atom. The van der Waals surface area contributed by atoms with Crippen LogP contribution < -0.4 is 5.32 Å². The number of hydrogen-bond acceptors (Lipinski definition) is 3. The van der Waals surface area contributed by atoms with Crippen LogP contribution in [0.4, 0.5) is 0 Å². The summed E-state index contributed by atoms with van der Waals surface area (Å²) in [6.45, 7) is 7.15. The quantitative estimate of drug-likeness (QED) is 0.707. The number of ether oxygens (including phenoxy) is 1. The van der Waals surface area contributed by atoms with Gasteiger partial charge < -0.3 is 14.5 Å². The number of halogens is 1. The molecule has 0 aliphatic carbocycles. The van der Waals surface area contributed by atoms with Crippen molar-refractivity contribution in [2.24, 2.45) is 0 Å². The zero-order valence-electron chi connectivity index (χ0n) is 12.6. The topological polar surface area (TPSA) is 34.4 Å². The lowest BCUT2D eigenvalue weighted by atomic mass is 10.2. The number of aryl methyl sites for hydroxylation is 1. The summed E-state index contributed by atoms with van der Waals surface area (Å²) >= 11 is 3.43. The van der Waals surface area contributed by atoms with E-state index in [0.29, 0.717) is 13.2 Å². The molecule has 0 spiro atoms. The molecule has 1 heterocycles. The molecule has 0 unspecified atom stereocenters. The van der Waals surface area contributed by atoms with Crippen molar-refractivity contribution in [1.82, 2.24) is 5.32 Å². The Balaban J connectivity index is 1.80. The van der Waals surface area contributed by atoms with Crippen LogP contribution in [0.2, 0.25) is 0 Å². The standard InChI is InChI=1S/C17H22BrNO2/c1-3-8-19-10-15-9-17(21-13(15)2)12-20-11-14-4-6-16(18)7-5-14/h4-7,9,19H,3,8,10-12H2,1-2H3. The average molecular weight is 352 g/mol. The fraction of sp³-hybridized carbons (Fsp3) is 0.412. The first-order valence-electron chi connectivity index (χ1n) is 7.30. The first kappa shape index (κ1) is 16.3. The predicted octanol–water partition coefficient (Wildman–Crippen LogP) is 4.57. The molecule has 0 amide bonds. The Labute approximate surface area is 134 Å². The van der Waals surface area contributed by atoms with Crippen LogP contribution in [0.3, 0.4) is 0 Å². The second kappa shape index (κ2) is 8.37.